The highest BCUT2D eigenvalue weighted by Crippen LogP contribution is 2.48. The molecule has 2 aromatic heterocycles. The SMILES string of the molecule is c1ccc2c(-c3ccc(N(c4cccc5oc6ccccc6c45)c4cccc5sc6ccccc6c45)cc3)cccc2c1. The van der Waals surface area contributed by atoms with E-state index in [1.165, 1.54) is 42.1 Å². The molecular formula is C40H25NOS. The van der Waals surface area contributed by atoms with Crippen molar-refractivity contribution >= 4 is 81.3 Å². The zero-order valence-corrected chi connectivity index (χ0v) is 24.0. The minimum Gasteiger partial charge on any atom is -0.456 e. The Morgan fingerprint density at radius 2 is 1.07 bits per heavy atom. The number of para-hydroxylation sites is 1. The van der Waals surface area contributed by atoms with Gasteiger partial charge in [-0.2, -0.15) is 0 Å². The Morgan fingerprint density at radius 1 is 0.442 bits per heavy atom. The molecule has 9 rings (SSSR count). The van der Waals surface area contributed by atoms with E-state index in [4.69, 9.17) is 4.42 Å². The summed E-state index contributed by atoms with van der Waals surface area (Å²) < 4.78 is 8.92. The largest absolute Gasteiger partial charge is 0.456 e. The van der Waals surface area contributed by atoms with Crippen molar-refractivity contribution in [1.29, 1.82) is 0 Å². The summed E-state index contributed by atoms with van der Waals surface area (Å²) in [6, 6.07) is 54.3. The molecule has 2 heterocycles. The van der Waals surface area contributed by atoms with Crippen LogP contribution in [0.1, 0.15) is 0 Å². The van der Waals surface area contributed by atoms with Crippen LogP contribution in [0.2, 0.25) is 0 Å². The average Bonchev–Trinajstić information content (AvgIpc) is 3.64. The van der Waals surface area contributed by atoms with Crippen LogP contribution in [0.5, 0.6) is 0 Å². The van der Waals surface area contributed by atoms with Gasteiger partial charge in [0.25, 0.3) is 0 Å². The van der Waals surface area contributed by atoms with Crippen LogP contribution in [-0.4, -0.2) is 0 Å². The molecule has 0 amide bonds. The predicted molar refractivity (Wildman–Crippen MR) is 184 cm³/mol. The number of thiophene rings is 1. The smallest absolute Gasteiger partial charge is 0.137 e. The van der Waals surface area contributed by atoms with E-state index in [0.29, 0.717) is 0 Å². The Morgan fingerprint density at radius 3 is 1.95 bits per heavy atom. The van der Waals surface area contributed by atoms with Crippen molar-refractivity contribution in [3.8, 4) is 11.1 Å². The molecule has 0 fully saturated rings. The van der Waals surface area contributed by atoms with Gasteiger partial charge in [-0.25, -0.2) is 0 Å². The van der Waals surface area contributed by atoms with Crippen LogP contribution in [0.3, 0.4) is 0 Å². The van der Waals surface area contributed by atoms with E-state index in [9.17, 15) is 0 Å². The lowest BCUT2D eigenvalue weighted by molar-refractivity contribution is 0.669. The highest BCUT2D eigenvalue weighted by atomic mass is 32.1. The highest BCUT2D eigenvalue weighted by molar-refractivity contribution is 7.26. The Balaban J connectivity index is 1.32. The Kier molecular flexibility index (Phi) is 5.40. The average molecular weight is 568 g/mol. The van der Waals surface area contributed by atoms with Crippen LogP contribution < -0.4 is 4.90 Å². The molecule has 0 saturated carbocycles. The van der Waals surface area contributed by atoms with Crippen LogP contribution in [0.4, 0.5) is 17.1 Å². The molecule has 0 atom stereocenters. The zero-order chi connectivity index (χ0) is 28.3. The standard InChI is InChI=1S/C40H25NOS/c1-2-12-29-26(10-1)11-7-15-30(29)27-22-24-28(25-23-27)41(33-16-8-19-36-39(33)31-13-3-5-18-35(31)42-36)34-17-9-21-38-40(34)32-14-4-6-20-37(32)43-38/h1-25H. The molecule has 43 heavy (non-hydrogen) atoms. The van der Waals surface area contributed by atoms with Gasteiger partial charge in [0.2, 0.25) is 0 Å². The fourth-order valence-electron chi connectivity index (χ4n) is 6.56. The summed E-state index contributed by atoms with van der Waals surface area (Å²) in [5.74, 6) is 0. The molecular weight excluding hydrogens is 543 g/mol. The van der Waals surface area contributed by atoms with Gasteiger partial charge in [0.1, 0.15) is 11.2 Å². The van der Waals surface area contributed by atoms with Crippen molar-refractivity contribution in [1.82, 2.24) is 0 Å². The Bertz CT molecular complexity index is 2350. The van der Waals surface area contributed by atoms with Crippen molar-refractivity contribution in [2.75, 3.05) is 4.90 Å². The maximum atomic E-state index is 6.35. The van der Waals surface area contributed by atoms with Crippen LogP contribution in [0, 0.1) is 0 Å². The molecule has 0 unspecified atom stereocenters. The second-order valence-electron chi connectivity index (χ2n) is 10.9. The van der Waals surface area contributed by atoms with Crippen LogP contribution in [-0.2, 0) is 0 Å². The van der Waals surface area contributed by atoms with Crippen LogP contribution >= 0.6 is 11.3 Å². The fourth-order valence-corrected chi connectivity index (χ4v) is 7.69. The molecule has 0 aliphatic rings. The minimum atomic E-state index is 0.887. The summed E-state index contributed by atoms with van der Waals surface area (Å²) in [5.41, 5.74) is 7.59. The van der Waals surface area contributed by atoms with Crippen molar-refractivity contribution in [3.63, 3.8) is 0 Å². The quantitative estimate of drug-likeness (QED) is 0.210. The van der Waals surface area contributed by atoms with Crippen LogP contribution in [0.15, 0.2) is 156 Å². The first-order valence-electron chi connectivity index (χ1n) is 14.5. The van der Waals surface area contributed by atoms with Gasteiger partial charge in [0.15, 0.2) is 0 Å². The van der Waals surface area contributed by atoms with E-state index in [2.05, 4.69) is 150 Å². The summed E-state index contributed by atoms with van der Waals surface area (Å²) in [7, 11) is 0. The summed E-state index contributed by atoms with van der Waals surface area (Å²) in [6.45, 7) is 0. The second kappa shape index (κ2) is 9.59. The number of nitrogens with zero attached hydrogens (tertiary/aromatic N) is 1. The van der Waals surface area contributed by atoms with Crippen molar-refractivity contribution in [2.24, 2.45) is 0 Å². The third-order valence-corrected chi connectivity index (χ3v) is 9.61. The van der Waals surface area contributed by atoms with Gasteiger partial charge in [0, 0.05) is 31.2 Å². The number of benzene rings is 7. The number of hydrogen-bond acceptors (Lipinski definition) is 3. The van der Waals surface area contributed by atoms with Gasteiger partial charge >= 0.3 is 0 Å². The minimum absolute atomic E-state index is 0.887. The number of furan rings is 1. The van der Waals surface area contributed by atoms with Gasteiger partial charge in [-0.15, -0.1) is 11.3 Å². The number of anilines is 3. The van der Waals surface area contributed by atoms with Gasteiger partial charge < -0.3 is 9.32 Å². The van der Waals surface area contributed by atoms with Crippen molar-refractivity contribution in [3.05, 3.63) is 152 Å². The summed E-state index contributed by atoms with van der Waals surface area (Å²) in [5, 5.41) is 7.30. The van der Waals surface area contributed by atoms with E-state index < -0.39 is 0 Å². The highest BCUT2D eigenvalue weighted by Gasteiger charge is 2.22. The molecule has 0 N–H and O–H groups in total. The van der Waals surface area contributed by atoms with E-state index in [-0.39, 0.29) is 0 Å². The maximum Gasteiger partial charge on any atom is 0.137 e. The number of rotatable bonds is 4. The molecule has 7 aromatic carbocycles. The lowest BCUT2D eigenvalue weighted by Crippen LogP contribution is -2.10. The second-order valence-corrected chi connectivity index (χ2v) is 12.0. The molecule has 0 aliphatic carbocycles. The topological polar surface area (TPSA) is 16.4 Å². The van der Waals surface area contributed by atoms with Gasteiger partial charge in [-0.05, 0) is 70.4 Å². The molecule has 2 nitrogen and oxygen atoms in total. The van der Waals surface area contributed by atoms with Gasteiger partial charge in [-0.3, -0.25) is 0 Å². The van der Waals surface area contributed by atoms with Crippen molar-refractivity contribution in [2.45, 2.75) is 0 Å². The molecule has 0 aliphatic heterocycles. The van der Waals surface area contributed by atoms with E-state index in [0.717, 1.165) is 39.0 Å². The molecule has 3 heteroatoms. The third kappa shape index (κ3) is 3.79. The first-order chi connectivity index (χ1) is 21.3. The van der Waals surface area contributed by atoms with Gasteiger partial charge in [0.05, 0.1) is 16.8 Å². The van der Waals surface area contributed by atoms with Crippen molar-refractivity contribution < 1.29 is 4.42 Å². The van der Waals surface area contributed by atoms with Crippen LogP contribution in [0.25, 0.3) is 64.0 Å². The number of hydrogen-bond donors (Lipinski definition) is 0. The summed E-state index contributed by atoms with van der Waals surface area (Å²) in [4.78, 5) is 2.42. The number of fused-ring (bicyclic) bond motifs is 7. The molecule has 0 saturated heterocycles. The predicted octanol–water partition coefficient (Wildman–Crippen LogP) is 12.2. The Hall–Kier alpha value is -5.38. The first-order valence-corrected chi connectivity index (χ1v) is 15.3. The fraction of sp³-hybridized carbons (Fsp3) is 0. The monoisotopic (exact) mass is 567 g/mol. The molecule has 0 spiro atoms. The third-order valence-electron chi connectivity index (χ3n) is 8.47. The molecule has 0 radical (unpaired) electrons. The van der Waals surface area contributed by atoms with Gasteiger partial charge in [-0.1, -0.05) is 103 Å². The molecule has 9 aromatic rings. The maximum absolute atomic E-state index is 6.35. The van der Waals surface area contributed by atoms with E-state index >= 15 is 0 Å². The zero-order valence-electron chi connectivity index (χ0n) is 23.2. The normalized spacial score (nSPS) is 11.7. The Labute approximate surface area is 252 Å². The lowest BCUT2D eigenvalue weighted by Gasteiger charge is -2.27. The molecule has 202 valence electrons. The summed E-state index contributed by atoms with van der Waals surface area (Å²) >= 11 is 1.85. The lowest BCUT2D eigenvalue weighted by atomic mass is 9.98. The first kappa shape index (κ1) is 24.2. The van der Waals surface area contributed by atoms with E-state index in [1.54, 1.807) is 0 Å². The van der Waals surface area contributed by atoms with E-state index in [1.807, 2.05) is 17.4 Å². The molecule has 0 bridgehead atoms. The summed E-state index contributed by atoms with van der Waals surface area (Å²) in [6.07, 6.45) is 0.